The van der Waals surface area contributed by atoms with E-state index in [1.54, 1.807) is 30.3 Å². The van der Waals surface area contributed by atoms with Crippen LogP contribution < -0.4 is 10.6 Å². The number of carbonyl (C=O) groups is 3. The van der Waals surface area contributed by atoms with Gasteiger partial charge in [0.05, 0.1) is 28.6 Å². The number of rotatable bonds is 9. The number of ether oxygens (including phenoxy) is 1. The van der Waals surface area contributed by atoms with E-state index in [1.807, 2.05) is 0 Å². The fourth-order valence-corrected chi connectivity index (χ4v) is 2.76. The molecule has 0 heterocycles. The van der Waals surface area contributed by atoms with E-state index < -0.39 is 51.1 Å². The summed E-state index contributed by atoms with van der Waals surface area (Å²) in [6.45, 7) is 1.33. The number of non-ortho nitro benzene ring substituents is 2. The topological polar surface area (TPSA) is 171 Å². The first-order valence-corrected chi connectivity index (χ1v) is 9.29. The lowest BCUT2D eigenvalue weighted by atomic mass is 10.1. The molecule has 2 aromatic rings. The average molecular weight is 444 g/mol. The van der Waals surface area contributed by atoms with E-state index in [0.717, 1.165) is 23.8 Å². The number of hydrogen-bond acceptors (Lipinski definition) is 8. The van der Waals surface area contributed by atoms with Crippen molar-refractivity contribution in [1.29, 1.82) is 0 Å². The molecule has 12 heteroatoms. The quantitative estimate of drug-likeness (QED) is 0.333. The molecule has 0 bridgehead atoms. The maximum Gasteiger partial charge on any atom is 0.328 e. The minimum absolute atomic E-state index is 0.150. The Labute approximate surface area is 181 Å². The highest BCUT2D eigenvalue weighted by atomic mass is 16.6. The summed E-state index contributed by atoms with van der Waals surface area (Å²) < 4.78 is 4.72. The fraction of sp³-hybridized carbons (Fsp3) is 0.250. The Hall–Kier alpha value is -4.35. The van der Waals surface area contributed by atoms with Crippen molar-refractivity contribution in [3.63, 3.8) is 0 Å². The SMILES string of the molecule is COC(=O)[C@H](Cc1ccccc1)NC(=O)[C@H](C)NC(=O)c1cc([N+](=O)[O-])cc([N+](=O)[O-])c1. The predicted octanol–water partition coefficient (Wildman–Crippen LogP) is 1.52. The van der Waals surface area contributed by atoms with Gasteiger partial charge in [-0.25, -0.2) is 4.79 Å². The molecule has 0 aliphatic carbocycles. The van der Waals surface area contributed by atoms with E-state index in [2.05, 4.69) is 10.6 Å². The summed E-state index contributed by atoms with van der Waals surface area (Å²) in [5.41, 5.74) is -0.881. The molecule has 12 nitrogen and oxygen atoms in total. The third-order valence-corrected chi connectivity index (χ3v) is 4.41. The van der Waals surface area contributed by atoms with Crippen LogP contribution in [0.1, 0.15) is 22.8 Å². The van der Waals surface area contributed by atoms with Crippen molar-refractivity contribution in [2.75, 3.05) is 7.11 Å². The molecule has 0 aliphatic heterocycles. The average Bonchev–Trinajstić information content (AvgIpc) is 2.78. The molecule has 0 aromatic heterocycles. The van der Waals surface area contributed by atoms with E-state index in [1.165, 1.54) is 14.0 Å². The van der Waals surface area contributed by atoms with Crippen molar-refractivity contribution in [2.45, 2.75) is 25.4 Å². The van der Waals surface area contributed by atoms with Gasteiger partial charge in [0.2, 0.25) is 5.91 Å². The van der Waals surface area contributed by atoms with Gasteiger partial charge in [0.1, 0.15) is 12.1 Å². The van der Waals surface area contributed by atoms with Crippen LogP contribution >= 0.6 is 0 Å². The van der Waals surface area contributed by atoms with Crippen molar-refractivity contribution >= 4 is 29.2 Å². The second-order valence-electron chi connectivity index (χ2n) is 6.72. The Kier molecular flexibility index (Phi) is 7.93. The summed E-state index contributed by atoms with van der Waals surface area (Å²) in [7, 11) is 1.17. The Bertz CT molecular complexity index is 1010. The van der Waals surface area contributed by atoms with E-state index in [9.17, 15) is 34.6 Å². The minimum atomic E-state index is -1.16. The van der Waals surface area contributed by atoms with Gasteiger partial charge in [0.25, 0.3) is 17.3 Å². The monoisotopic (exact) mass is 444 g/mol. The summed E-state index contributed by atoms with van der Waals surface area (Å²) in [5.74, 6) is -2.34. The second kappa shape index (κ2) is 10.6. The first-order chi connectivity index (χ1) is 15.1. The molecule has 2 N–H and O–H groups in total. The molecule has 32 heavy (non-hydrogen) atoms. The van der Waals surface area contributed by atoms with Crippen LogP contribution in [0.5, 0.6) is 0 Å². The number of nitrogens with zero attached hydrogens (tertiary/aromatic N) is 2. The summed E-state index contributed by atoms with van der Waals surface area (Å²) in [6, 6.07) is 9.13. The Morgan fingerprint density at radius 3 is 2.03 bits per heavy atom. The van der Waals surface area contributed by atoms with Crippen molar-refractivity contribution in [2.24, 2.45) is 0 Å². The summed E-state index contributed by atoms with van der Waals surface area (Å²) in [4.78, 5) is 57.3. The standard InChI is InChI=1S/C20H20N4O8/c1-12(18(25)22-17(20(27)32-2)8-13-6-4-3-5-7-13)21-19(26)14-9-15(23(28)29)11-16(10-14)24(30)31/h3-7,9-12,17H,8H2,1-2H3,(H,21,26)(H,22,25)/t12-,17-/m0/s1. The Morgan fingerprint density at radius 1 is 0.969 bits per heavy atom. The number of nitro groups is 2. The molecule has 0 saturated heterocycles. The summed E-state index contributed by atoms with van der Waals surface area (Å²) in [5, 5.41) is 26.8. The smallest absolute Gasteiger partial charge is 0.328 e. The zero-order valence-electron chi connectivity index (χ0n) is 17.1. The fourth-order valence-electron chi connectivity index (χ4n) is 2.76. The third-order valence-electron chi connectivity index (χ3n) is 4.41. The molecular weight excluding hydrogens is 424 g/mol. The number of hydrogen-bond donors (Lipinski definition) is 2. The number of nitro benzene ring substituents is 2. The van der Waals surface area contributed by atoms with Gasteiger partial charge >= 0.3 is 5.97 Å². The van der Waals surface area contributed by atoms with Crippen molar-refractivity contribution in [3.05, 3.63) is 79.9 Å². The van der Waals surface area contributed by atoms with E-state index in [4.69, 9.17) is 4.74 Å². The number of carbonyl (C=O) groups excluding carboxylic acids is 3. The lowest BCUT2D eigenvalue weighted by molar-refractivity contribution is -0.394. The van der Waals surface area contributed by atoms with Gasteiger partial charge in [0.15, 0.2) is 0 Å². The van der Waals surface area contributed by atoms with Gasteiger partial charge in [-0.1, -0.05) is 30.3 Å². The van der Waals surface area contributed by atoms with Gasteiger partial charge in [-0.15, -0.1) is 0 Å². The molecule has 0 unspecified atom stereocenters. The molecule has 0 spiro atoms. The van der Waals surface area contributed by atoms with Crippen LogP contribution in [-0.2, 0) is 20.7 Å². The van der Waals surface area contributed by atoms with Crippen LogP contribution in [0.25, 0.3) is 0 Å². The molecule has 2 rings (SSSR count). The van der Waals surface area contributed by atoms with Crippen LogP contribution in [0.3, 0.4) is 0 Å². The van der Waals surface area contributed by atoms with Crippen LogP contribution in [0.2, 0.25) is 0 Å². The molecule has 168 valence electrons. The van der Waals surface area contributed by atoms with E-state index >= 15 is 0 Å². The maximum atomic E-state index is 12.5. The van der Waals surface area contributed by atoms with Gasteiger partial charge < -0.3 is 15.4 Å². The molecule has 0 saturated carbocycles. The molecule has 2 aromatic carbocycles. The highest BCUT2D eigenvalue weighted by Crippen LogP contribution is 2.22. The summed E-state index contributed by atoms with van der Waals surface area (Å²) >= 11 is 0. The van der Waals surface area contributed by atoms with Crippen LogP contribution in [0.15, 0.2) is 48.5 Å². The number of nitrogens with one attached hydrogen (secondary N) is 2. The van der Waals surface area contributed by atoms with Gasteiger partial charge in [-0.3, -0.25) is 29.8 Å². The molecule has 0 radical (unpaired) electrons. The zero-order valence-corrected chi connectivity index (χ0v) is 17.1. The molecular formula is C20H20N4O8. The Morgan fingerprint density at radius 2 is 1.53 bits per heavy atom. The number of esters is 1. The van der Waals surface area contributed by atoms with Crippen molar-refractivity contribution in [1.82, 2.24) is 10.6 Å². The highest BCUT2D eigenvalue weighted by Gasteiger charge is 2.26. The molecule has 0 aliphatic rings. The van der Waals surface area contributed by atoms with Crippen LogP contribution in [-0.4, -0.2) is 46.8 Å². The zero-order chi connectivity index (χ0) is 23.8. The minimum Gasteiger partial charge on any atom is -0.467 e. The Balaban J connectivity index is 2.13. The lowest BCUT2D eigenvalue weighted by Gasteiger charge is -2.20. The predicted molar refractivity (Wildman–Crippen MR) is 111 cm³/mol. The van der Waals surface area contributed by atoms with Crippen LogP contribution in [0, 0.1) is 20.2 Å². The summed E-state index contributed by atoms with van der Waals surface area (Å²) in [6.07, 6.45) is 0.150. The van der Waals surface area contributed by atoms with E-state index in [0.29, 0.717) is 0 Å². The maximum absolute atomic E-state index is 12.5. The second-order valence-corrected chi connectivity index (χ2v) is 6.72. The number of methoxy groups -OCH3 is 1. The molecule has 2 atom stereocenters. The largest absolute Gasteiger partial charge is 0.467 e. The van der Waals surface area contributed by atoms with Gasteiger partial charge in [-0.05, 0) is 12.5 Å². The highest BCUT2D eigenvalue weighted by molar-refractivity contribution is 5.99. The third kappa shape index (κ3) is 6.32. The number of benzene rings is 2. The molecule has 2 amide bonds. The van der Waals surface area contributed by atoms with Crippen molar-refractivity contribution in [3.8, 4) is 0 Å². The first kappa shape index (κ1) is 23.9. The van der Waals surface area contributed by atoms with E-state index in [-0.39, 0.29) is 12.0 Å². The van der Waals surface area contributed by atoms with Gasteiger partial charge in [0, 0.05) is 18.6 Å². The lowest BCUT2D eigenvalue weighted by Crippen LogP contribution is -2.51. The van der Waals surface area contributed by atoms with Crippen LogP contribution in [0.4, 0.5) is 11.4 Å². The normalized spacial score (nSPS) is 12.2. The molecule has 0 fully saturated rings. The number of amides is 2. The first-order valence-electron chi connectivity index (χ1n) is 9.29. The van der Waals surface area contributed by atoms with Crippen molar-refractivity contribution < 1.29 is 29.0 Å². The van der Waals surface area contributed by atoms with Gasteiger partial charge in [-0.2, -0.15) is 0 Å².